The molecule has 1 aliphatic heterocycles. The van der Waals surface area contributed by atoms with Gasteiger partial charge in [0.15, 0.2) is 0 Å². The Morgan fingerprint density at radius 1 is 1.12 bits per heavy atom. The molecule has 24 heavy (non-hydrogen) atoms. The molecule has 0 aliphatic carbocycles. The van der Waals surface area contributed by atoms with Gasteiger partial charge in [-0.2, -0.15) is 0 Å². The molecule has 0 radical (unpaired) electrons. The van der Waals surface area contributed by atoms with Crippen molar-refractivity contribution >= 4 is 23.3 Å². The molecule has 1 fully saturated rings. The summed E-state index contributed by atoms with van der Waals surface area (Å²) in [6.07, 6.45) is 3.92. The minimum absolute atomic E-state index is 0.101. The van der Waals surface area contributed by atoms with Gasteiger partial charge in [0, 0.05) is 17.3 Å². The third-order valence-electron chi connectivity index (χ3n) is 4.34. The fourth-order valence-electron chi connectivity index (χ4n) is 3.14. The van der Waals surface area contributed by atoms with Gasteiger partial charge in [-0.1, -0.05) is 36.6 Å². The summed E-state index contributed by atoms with van der Waals surface area (Å²) in [5, 5.41) is 3.54. The van der Waals surface area contributed by atoms with Crippen molar-refractivity contribution in [2.75, 3.05) is 11.9 Å². The highest BCUT2D eigenvalue weighted by Crippen LogP contribution is 2.31. The van der Waals surface area contributed by atoms with Gasteiger partial charge in [-0.25, -0.2) is 9.18 Å². The van der Waals surface area contributed by atoms with Gasteiger partial charge in [-0.05, 0) is 54.8 Å². The predicted octanol–water partition coefficient (Wildman–Crippen LogP) is 5.63. The normalized spacial score (nSPS) is 18.1. The van der Waals surface area contributed by atoms with Crippen LogP contribution < -0.4 is 5.32 Å². The first kappa shape index (κ1) is 16.8. The number of rotatable bonds is 2. The van der Waals surface area contributed by atoms with Gasteiger partial charge in [0.2, 0.25) is 0 Å². The summed E-state index contributed by atoms with van der Waals surface area (Å²) in [6, 6.07) is 13.3. The van der Waals surface area contributed by atoms with Gasteiger partial charge in [0.1, 0.15) is 5.82 Å². The zero-order valence-corrected chi connectivity index (χ0v) is 14.1. The van der Waals surface area contributed by atoms with Gasteiger partial charge >= 0.3 is 6.03 Å². The molecule has 1 N–H and O–H groups in total. The minimum atomic E-state index is -0.269. The zero-order valence-electron chi connectivity index (χ0n) is 13.3. The molecule has 1 aliphatic rings. The summed E-state index contributed by atoms with van der Waals surface area (Å²) in [4.78, 5) is 14.6. The lowest BCUT2D eigenvalue weighted by molar-refractivity contribution is 0.189. The first-order valence-electron chi connectivity index (χ1n) is 8.22. The van der Waals surface area contributed by atoms with E-state index in [2.05, 4.69) is 5.32 Å². The number of likely N-dealkylation sites (tertiary alicyclic amines) is 1. The monoisotopic (exact) mass is 346 g/mol. The van der Waals surface area contributed by atoms with E-state index in [0.717, 1.165) is 31.2 Å². The van der Waals surface area contributed by atoms with Crippen LogP contribution in [0.4, 0.5) is 14.9 Å². The van der Waals surface area contributed by atoms with Crippen LogP contribution in [0.25, 0.3) is 0 Å². The number of nitrogens with one attached hydrogen (secondary N) is 1. The van der Waals surface area contributed by atoms with Gasteiger partial charge < -0.3 is 10.2 Å². The van der Waals surface area contributed by atoms with E-state index >= 15 is 0 Å². The van der Waals surface area contributed by atoms with Crippen molar-refractivity contribution in [3.63, 3.8) is 0 Å². The van der Waals surface area contributed by atoms with E-state index in [4.69, 9.17) is 11.6 Å². The third kappa shape index (κ3) is 4.06. The SMILES string of the molecule is O=C(Nc1ccc(Cl)cc1)N1CCCCC[C@@H]1c1cccc(F)c1. The Labute approximate surface area is 146 Å². The lowest BCUT2D eigenvalue weighted by atomic mass is 10.0. The van der Waals surface area contributed by atoms with E-state index in [1.54, 1.807) is 30.3 Å². The number of halogens is 2. The lowest BCUT2D eigenvalue weighted by Crippen LogP contribution is -2.38. The minimum Gasteiger partial charge on any atom is -0.317 e. The Bertz CT molecular complexity index is 705. The van der Waals surface area contributed by atoms with Crippen LogP contribution in [0.2, 0.25) is 5.02 Å². The average molecular weight is 347 g/mol. The van der Waals surface area contributed by atoms with Crippen molar-refractivity contribution in [2.45, 2.75) is 31.7 Å². The molecule has 3 rings (SSSR count). The summed E-state index contributed by atoms with van der Waals surface area (Å²) in [5.74, 6) is -0.269. The first-order valence-corrected chi connectivity index (χ1v) is 8.60. The highest BCUT2D eigenvalue weighted by molar-refractivity contribution is 6.30. The van der Waals surface area contributed by atoms with Gasteiger partial charge in [-0.3, -0.25) is 0 Å². The van der Waals surface area contributed by atoms with E-state index in [-0.39, 0.29) is 17.9 Å². The number of urea groups is 1. The molecule has 0 spiro atoms. The van der Waals surface area contributed by atoms with Crippen molar-refractivity contribution in [3.8, 4) is 0 Å². The van der Waals surface area contributed by atoms with E-state index in [9.17, 15) is 9.18 Å². The van der Waals surface area contributed by atoms with Crippen LogP contribution in [0.5, 0.6) is 0 Å². The fraction of sp³-hybridized carbons (Fsp3) is 0.316. The molecule has 1 saturated heterocycles. The quantitative estimate of drug-likeness (QED) is 0.751. The van der Waals surface area contributed by atoms with Gasteiger partial charge in [-0.15, -0.1) is 0 Å². The van der Waals surface area contributed by atoms with E-state index in [1.807, 2.05) is 11.0 Å². The fourth-order valence-corrected chi connectivity index (χ4v) is 3.27. The molecule has 0 aromatic heterocycles. The molecule has 3 nitrogen and oxygen atoms in total. The summed E-state index contributed by atoms with van der Waals surface area (Å²) < 4.78 is 13.6. The number of carbonyl (C=O) groups is 1. The summed E-state index contributed by atoms with van der Waals surface area (Å²) >= 11 is 5.88. The number of nitrogens with zero attached hydrogens (tertiary/aromatic N) is 1. The van der Waals surface area contributed by atoms with Crippen LogP contribution in [0.15, 0.2) is 48.5 Å². The maximum absolute atomic E-state index is 13.6. The second-order valence-electron chi connectivity index (χ2n) is 6.05. The van der Waals surface area contributed by atoms with Gasteiger partial charge in [0.05, 0.1) is 6.04 Å². The molecule has 1 heterocycles. The second-order valence-corrected chi connectivity index (χ2v) is 6.49. The van der Waals surface area contributed by atoms with Crippen LogP contribution in [0.3, 0.4) is 0 Å². The number of benzene rings is 2. The molecular formula is C19H20ClFN2O. The highest BCUT2D eigenvalue weighted by Gasteiger charge is 2.27. The molecule has 0 unspecified atom stereocenters. The lowest BCUT2D eigenvalue weighted by Gasteiger charge is -2.30. The number of hydrogen-bond acceptors (Lipinski definition) is 1. The maximum atomic E-state index is 13.6. The molecule has 1 atom stereocenters. The molecule has 0 bridgehead atoms. The number of amides is 2. The van der Waals surface area contributed by atoms with Crippen LogP contribution in [-0.4, -0.2) is 17.5 Å². The first-order chi connectivity index (χ1) is 11.6. The van der Waals surface area contributed by atoms with Crippen LogP contribution >= 0.6 is 11.6 Å². The maximum Gasteiger partial charge on any atom is 0.322 e. The number of anilines is 1. The van der Waals surface area contributed by atoms with Crippen molar-refractivity contribution in [1.29, 1.82) is 0 Å². The summed E-state index contributed by atoms with van der Waals surface area (Å²) in [7, 11) is 0. The standard InChI is InChI=1S/C19H20ClFN2O/c20-15-8-10-17(11-9-15)22-19(24)23-12-3-1-2-7-18(23)14-5-4-6-16(21)13-14/h4-6,8-11,13,18H,1-3,7,12H2,(H,22,24)/t18-/m1/s1. The Morgan fingerprint density at radius 3 is 2.67 bits per heavy atom. The molecule has 5 heteroatoms. The number of hydrogen-bond donors (Lipinski definition) is 1. The van der Waals surface area contributed by atoms with Crippen molar-refractivity contribution < 1.29 is 9.18 Å². The second kappa shape index (κ2) is 7.67. The third-order valence-corrected chi connectivity index (χ3v) is 4.59. The van der Waals surface area contributed by atoms with Gasteiger partial charge in [0.25, 0.3) is 0 Å². The average Bonchev–Trinajstić information content (AvgIpc) is 2.83. The van der Waals surface area contributed by atoms with Crippen molar-refractivity contribution in [1.82, 2.24) is 4.90 Å². The van der Waals surface area contributed by atoms with Crippen LogP contribution in [0, 0.1) is 5.82 Å². The molecular weight excluding hydrogens is 327 g/mol. The molecule has 126 valence electrons. The van der Waals surface area contributed by atoms with E-state index in [1.165, 1.54) is 12.1 Å². The highest BCUT2D eigenvalue weighted by atomic mass is 35.5. The Hall–Kier alpha value is -2.07. The molecule has 2 amide bonds. The van der Waals surface area contributed by atoms with E-state index in [0.29, 0.717) is 17.3 Å². The molecule has 0 saturated carbocycles. The Balaban J connectivity index is 1.81. The Kier molecular flexibility index (Phi) is 5.36. The topological polar surface area (TPSA) is 32.3 Å². The zero-order chi connectivity index (χ0) is 16.9. The van der Waals surface area contributed by atoms with Crippen LogP contribution in [-0.2, 0) is 0 Å². The molecule has 2 aromatic carbocycles. The van der Waals surface area contributed by atoms with Crippen molar-refractivity contribution in [2.24, 2.45) is 0 Å². The van der Waals surface area contributed by atoms with E-state index < -0.39 is 0 Å². The smallest absolute Gasteiger partial charge is 0.317 e. The predicted molar refractivity (Wildman–Crippen MR) is 94.8 cm³/mol. The largest absolute Gasteiger partial charge is 0.322 e. The Morgan fingerprint density at radius 2 is 1.92 bits per heavy atom. The summed E-state index contributed by atoms with van der Waals surface area (Å²) in [5.41, 5.74) is 1.55. The number of carbonyl (C=O) groups excluding carboxylic acids is 1. The molecule has 2 aromatic rings. The van der Waals surface area contributed by atoms with Crippen LogP contribution in [0.1, 0.15) is 37.3 Å². The summed E-state index contributed by atoms with van der Waals surface area (Å²) in [6.45, 7) is 0.667. The van der Waals surface area contributed by atoms with Crippen molar-refractivity contribution in [3.05, 3.63) is 64.9 Å².